The Hall–Kier alpha value is -1.67. The lowest BCUT2D eigenvalue weighted by molar-refractivity contribution is 0.0384. The maximum atomic E-state index is 12.0. The number of amides is 2. The summed E-state index contributed by atoms with van der Waals surface area (Å²) in [5.74, 6) is 0. The summed E-state index contributed by atoms with van der Waals surface area (Å²) in [6, 6.07) is 7.96. The SMILES string of the molecule is O=C(NCCN1CCOCC1)Nc1ccc(CCN2CCOCC2)cc1. The molecule has 0 bridgehead atoms. The quantitative estimate of drug-likeness (QED) is 0.758. The minimum atomic E-state index is -0.153. The molecule has 7 nitrogen and oxygen atoms in total. The second-order valence-corrected chi connectivity index (χ2v) is 6.74. The Kier molecular flexibility index (Phi) is 7.69. The molecule has 2 saturated heterocycles. The van der Waals surface area contributed by atoms with Crippen molar-refractivity contribution in [3.63, 3.8) is 0 Å². The van der Waals surface area contributed by atoms with Gasteiger partial charge in [0.15, 0.2) is 0 Å². The smallest absolute Gasteiger partial charge is 0.319 e. The van der Waals surface area contributed by atoms with Crippen LogP contribution in [0.5, 0.6) is 0 Å². The maximum absolute atomic E-state index is 12.0. The van der Waals surface area contributed by atoms with Gasteiger partial charge in [-0.25, -0.2) is 4.79 Å². The standard InChI is InChI=1S/C19H30N4O3/c24-19(20-6-8-23-11-15-26-16-12-23)21-18-3-1-17(2-4-18)5-7-22-9-13-25-14-10-22/h1-4H,5-16H2,(H2,20,21,24). The van der Waals surface area contributed by atoms with Crippen molar-refractivity contribution in [2.45, 2.75) is 6.42 Å². The molecule has 0 aliphatic carbocycles. The van der Waals surface area contributed by atoms with Crippen LogP contribution >= 0.6 is 0 Å². The first-order valence-electron chi connectivity index (χ1n) is 9.53. The Bertz CT molecular complexity index is 540. The van der Waals surface area contributed by atoms with Crippen LogP contribution in [0.1, 0.15) is 5.56 Å². The second kappa shape index (κ2) is 10.5. The maximum Gasteiger partial charge on any atom is 0.319 e. The third kappa shape index (κ3) is 6.57. The van der Waals surface area contributed by atoms with E-state index in [9.17, 15) is 4.79 Å². The van der Waals surface area contributed by atoms with Crippen molar-refractivity contribution in [3.05, 3.63) is 29.8 Å². The first-order chi connectivity index (χ1) is 12.8. The summed E-state index contributed by atoms with van der Waals surface area (Å²) in [6.45, 7) is 9.71. The van der Waals surface area contributed by atoms with Gasteiger partial charge in [0, 0.05) is 51.5 Å². The first-order valence-corrected chi connectivity index (χ1v) is 9.53. The van der Waals surface area contributed by atoms with Crippen LogP contribution in [0.2, 0.25) is 0 Å². The van der Waals surface area contributed by atoms with E-state index >= 15 is 0 Å². The Labute approximate surface area is 155 Å². The van der Waals surface area contributed by atoms with E-state index < -0.39 is 0 Å². The summed E-state index contributed by atoms with van der Waals surface area (Å²) < 4.78 is 10.7. The van der Waals surface area contributed by atoms with E-state index in [2.05, 4.69) is 32.6 Å². The zero-order valence-corrected chi connectivity index (χ0v) is 15.4. The van der Waals surface area contributed by atoms with Crippen LogP contribution in [0.4, 0.5) is 10.5 Å². The van der Waals surface area contributed by atoms with Crippen molar-refractivity contribution in [2.24, 2.45) is 0 Å². The van der Waals surface area contributed by atoms with E-state index in [1.54, 1.807) is 0 Å². The molecule has 1 aromatic carbocycles. The Morgan fingerprint density at radius 1 is 0.885 bits per heavy atom. The average molecular weight is 362 g/mol. The van der Waals surface area contributed by atoms with Crippen molar-refractivity contribution in [1.29, 1.82) is 0 Å². The van der Waals surface area contributed by atoms with Crippen LogP contribution in [0.15, 0.2) is 24.3 Å². The molecule has 2 heterocycles. The van der Waals surface area contributed by atoms with Crippen molar-refractivity contribution in [2.75, 3.05) is 77.6 Å². The lowest BCUT2D eigenvalue weighted by Crippen LogP contribution is -2.42. The van der Waals surface area contributed by atoms with Crippen molar-refractivity contribution in [1.82, 2.24) is 15.1 Å². The fourth-order valence-corrected chi connectivity index (χ4v) is 3.19. The van der Waals surface area contributed by atoms with E-state index in [1.165, 1.54) is 5.56 Å². The molecule has 1 aromatic rings. The molecule has 0 unspecified atom stereocenters. The number of nitrogens with zero attached hydrogens (tertiary/aromatic N) is 2. The fraction of sp³-hybridized carbons (Fsp3) is 0.632. The summed E-state index contributed by atoms with van der Waals surface area (Å²) in [5.41, 5.74) is 2.11. The van der Waals surface area contributed by atoms with Gasteiger partial charge in [-0.1, -0.05) is 12.1 Å². The summed E-state index contributed by atoms with van der Waals surface area (Å²) in [6.07, 6.45) is 1.02. The lowest BCUT2D eigenvalue weighted by Gasteiger charge is -2.26. The summed E-state index contributed by atoms with van der Waals surface area (Å²) >= 11 is 0. The number of ether oxygens (including phenoxy) is 2. The molecule has 0 spiro atoms. The minimum absolute atomic E-state index is 0.153. The van der Waals surface area contributed by atoms with Crippen molar-refractivity contribution >= 4 is 11.7 Å². The number of hydrogen-bond acceptors (Lipinski definition) is 5. The zero-order valence-electron chi connectivity index (χ0n) is 15.4. The molecule has 2 aliphatic rings. The van der Waals surface area contributed by atoms with Gasteiger partial charge in [0.2, 0.25) is 0 Å². The second-order valence-electron chi connectivity index (χ2n) is 6.74. The highest BCUT2D eigenvalue weighted by atomic mass is 16.5. The molecule has 0 aromatic heterocycles. The number of benzene rings is 1. The number of carbonyl (C=O) groups is 1. The van der Waals surface area contributed by atoms with Gasteiger partial charge in [0.25, 0.3) is 0 Å². The Morgan fingerprint density at radius 2 is 1.46 bits per heavy atom. The van der Waals surface area contributed by atoms with E-state index in [0.29, 0.717) is 6.54 Å². The molecule has 2 N–H and O–H groups in total. The normalized spacial score (nSPS) is 19.2. The lowest BCUT2D eigenvalue weighted by atomic mass is 10.1. The predicted molar refractivity (Wildman–Crippen MR) is 102 cm³/mol. The van der Waals surface area contributed by atoms with Crippen LogP contribution in [0.3, 0.4) is 0 Å². The van der Waals surface area contributed by atoms with Crippen molar-refractivity contribution in [3.8, 4) is 0 Å². The van der Waals surface area contributed by atoms with Crippen LogP contribution in [-0.2, 0) is 15.9 Å². The molecular formula is C19H30N4O3. The summed E-state index contributed by atoms with van der Waals surface area (Å²) in [4.78, 5) is 16.7. The summed E-state index contributed by atoms with van der Waals surface area (Å²) in [7, 11) is 0. The van der Waals surface area contributed by atoms with Crippen LogP contribution < -0.4 is 10.6 Å². The van der Waals surface area contributed by atoms with Gasteiger partial charge in [-0.15, -0.1) is 0 Å². The number of anilines is 1. The third-order valence-electron chi connectivity index (χ3n) is 4.85. The topological polar surface area (TPSA) is 66.1 Å². The molecule has 7 heteroatoms. The third-order valence-corrected chi connectivity index (χ3v) is 4.85. The van der Waals surface area contributed by atoms with Gasteiger partial charge in [-0.3, -0.25) is 9.80 Å². The van der Waals surface area contributed by atoms with Crippen LogP contribution in [-0.4, -0.2) is 88.1 Å². The van der Waals surface area contributed by atoms with Crippen LogP contribution in [0.25, 0.3) is 0 Å². The number of morpholine rings is 2. The summed E-state index contributed by atoms with van der Waals surface area (Å²) in [5, 5.41) is 5.80. The molecule has 2 amide bonds. The molecule has 0 saturated carbocycles. The van der Waals surface area contributed by atoms with E-state index in [-0.39, 0.29) is 6.03 Å². The molecular weight excluding hydrogens is 332 g/mol. The highest BCUT2D eigenvalue weighted by Gasteiger charge is 2.11. The molecule has 0 radical (unpaired) electrons. The number of hydrogen-bond donors (Lipinski definition) is 2. The number of urea groups is 1. The molecule has 3 rings (SSSR count). The molecule has 0 atom stereocenters. The Balaban J connectivity index is 1.33. The van der Waals surface area contributed by atoms with Gasteiger partial charge in [-0.05, 0) is 24.1 Å². The van der Waals surface area contributed by atoms with Gasteiger partial charge in [0.05, 0.1) is 26.4 Å². The zero-order chi connectivity index (χ0) is 18.0. The van der Waals surface area contributed by atoms with Gasteiger partial charge in [0.1, 0.15) is 0 Å². The predicted octanol–water partition coefficient (Wildman–Crippen LogP) is 1.02. The minimum Gasteiger partial charge on any atom is -0.379 e. The number of nitrogens with one attached hydrogen (secondary N) is 2. The van der Waals surface area contributed by atoms with Crippen LogP contribution in [0, 0.1) is 0 Å². The molecule has 2 aliphatic heterocycles. The van der Waals surface area contributed by atoms with Crippen molar-refractivity contribution < 1.29 is 14.3 Å². The van der Waals surface area contributed by atoms with E-state index in [4.69, 9.17) is 9.47 Å². The molecule has 2 fully saturated rings. The Morgan fingerprint density at radius 3 is 2.08 bits per heavy atom. The number of carbonyl (C=O) groups excluding carboxylic acids is 1. The fourth-order valence-electron chi connectivity index (χ4n) is 3.19. The monoisotopic (exact) mass is 362 g/mol. The van der Waals surface area contributed by atoms with E-state index in [1.807, 2.05) is 12.1 Å². The number of rotatable bonds is 7. The first kappa shape index (κ1) is 19.1. The highest BCUT2D eigenvalue weighted by Crippen LogP contribution is 2.11. The molecule has 144 valence electrons. The van der Waals surface area contributed by atoms with Gasteiger partial charge < -0.3 is 20.1 Å². The van der Waals surface area contributed by atoms with E-state index in [0.717, 1.165) is 77.8 Å². The van der Waals surface area contributed by atoms with Gasteiger partial charge >= 0.3 is 6.03 Å². The van der Waals surface area contributed by atoms with Gasteiger partial charge in [-0.2, -0.15) is 0 Å². The average Bonchev–Trinajstić information content (AvgIpc) is 2.69. The highest BCUT2D eigenvalue weighted by molar-refractivity contribution is 5.89. The largest absolute Gasteiger partial charge is 0.379 e. The molecule has 26 heavy (non-hydrogen) atoms.